The van der Waals surface area contributed by atoms with E-state index < -0.39 is 14.2 Å². The second-order valence-electron chi connectivity index (χ2n) is 5.39. The SMILES string of the molecule is CC(C)[Si](C(=C=C(F)F)CBr)(C(C)C)C(C)C. The number of halogens is 3. The fraction of sp³-hybridized carbons (Fsp3) is 0.769. The Morgan fingerprint density at radius 1 is 1.00 bits per heavy atom. The average Bonchev–Trinajstić information content (AvgIpc) is 2.14. The van der Waals surface area contributed by atoms with E-state index in [9.17, 15) is 8.78 Å². The third-order valence-electron chi connectivity index (χ3n) is 3.77. The standard InChI is InChI=1S/C13H23BrF2Si/c1-9(2)17(10(3)4,11(5)6)12(8-14)7-13(15)16/h9-11H,8H2,1-6H3. The van der Waals surface area contributed by atoms with Crippen molar-refractivity contribution in [1.29, 1.82) is 0 Å². The monoisotopic (exact) mass is 324 g/mol. The molecule has 0 N–H and O–H groups in total. The van der Waals surface area contributed by atoms with Crippen LogP contribution in [-0.4, -0.2) is 13.4 Å². The third-order valence-corrected chi connectivity index (χ3v) is 11.9. The van der Waals surface area contributed by atoms with Crippen molar-refractivity contribution in [3.05, 3.63) is 17.0 Å². The Kier molecular flexibility index (Phi) is 6.89. The molecule has 0 amide bonds. The minimum atomic E-state index is -1.96. The van der Waals surface area contributed by atoms with Crippen molar-refractivity contribution in [1.82, 2.24) is 0 Å². The molecule has 0 bridgehead atoms. The Morgan fingerprint density at radius 2 is 1.35 bits per heavy atom. The molecule has 100 valence electrons. The predicted octanol–water partition coefficient (Wildman–Crippen LogP) is 5.91. The molecule has 0 aromatic carbocycles. The van der Waals surface area contributed by atoms with Crippen LogP contribution < -0.4 is 0 Å². The van der Waals surface area contributed by atoms with E-state index in [1.54, 1.807) is 0 Å². The number of hydrogen-bond acceptors (Lipinski definition) is 0. The smallest absolute Gasteiger partial charge is 0.164 e. The van der Waals surface area contributed by atoms with Gasteiger partial charge in [-0.15, -0.1) is 0 Å². The quantitative estimate of drug-likeness (QED) is 0.335. The normalized spacial score (nSPS) is 12.2. The highest BCUT2D eigenvalue weighted by Crippen LogP contribution is 2.46. The molecule has 0 aromatic heterocycles. The first-order chi connectivity index (χ1) is 7.71. The highest BCUT2D eigenvalue weighted by atomic mass is 79.9. The van der Waals surface area contributed by atoms with E-state index in [4.69, 9.17) is 0 Å². The summed E-state index contributed by atoms with van der Waals surface area (Å²) in [5.74, 6) is 0. The van der Waals surface area contributed by atoms with E-state index in [0.717, 1.165) is 5.20 Å². The maximum atomic E-state index is 12.6. The van der Waals surface area contributed by atoms with Crippen LogP contribution in [0, 0.1) is 0 Å². The van der Waals surface area contributed by atoms with Crippen molar-refractivity contribution >= 4 is 24.0 Å². The van der Waals surface area contributed by atoms with E-state index in [2.05, 4.69) is 63.2 Å². The van der Waals surface area contributed by atoms with Crippen LogP contribution in [0.3, 0.4) is 0 Å². The summed E-state index contributed by atoms with van der Waals surface area (Å²) in [5.41, 5.74) is 3.63. The minimum Gasteiger partial charge on any atom is -0.164 e. The fourth-order valence-corrected chi connectivity index (χ4v) is 11.6. The Hall–Kier alpha value is 0.0769. The van der Waals surface area contributed by atoms with Crippen LogP contribution in [-0.2, 0) is 0 Å². The second-order valence-corrected chi connectivity index (χ2v) is 11.9. The largest absolute Gasteiger partial charge is 0.312 e. The number of alkyl halides is 1. The minimum absolute atomic E-state index is 0.432. The number of rotatable bonds is 5. The lowest BCUT2D eigenvalue weighted by atomic mass is 10.5. The van der Waals surface area contributed by atoms with Crippen LogP contribution in [0.4, 0.5) is 8.78 Å². The molecule has 0 heterocycles. The van der Waals surface area contributed by atoms with Crippen molar-refractivity contribution in [2.75, 3.05) is 5.33 Å². The van der Waals surface area contributed by atoms with Crippen molar-refractivity contribution in [3.8, 4) is 0 Å². The van der Waals surface area contributed by atoms with Gasteiger partial charge in [-0.25, -0.2) is 0 Å². The summed E-state index contributed by atoms with van der Waals surface area (Å²) in [6, 6.07) is 0. The molecule has 0 saturated heterocycles. The Bertz CT molecular complexity index is 290. The molecule has 4 heteroatoms. The Labute approximate surface area is 113 Å². The summed E-state index contributed by atoms with van der Waals surface area (Å²) >= 11 is 3.37. The molecule has 0 radical (unpaired) electrons. The molecule has 0 unspecified atom stereocenters. The zero-order valence-corrected chi connectivity index (χ0v) is 14.2. The first-order valence-corrected chi connectivity index (χ1v) is 9.43. The molecule has 0 atom stereocenters. The number of allylic oxidation sites excluding steroid dienone is 1. The summed E-state index contributed by atoms with van der Waals surface area (Å²) in [6.07, 6.45) is -1.70. The molecule has 0 saturated carbocycles. The van der Waals surface area contributed by atoms with Gasteiger partial charge in [-0.1, -0.05) is 63.2 Å². The molecular weight excluding hydrogens is 302 g/mol. The van der Waals surface area contributed by atoms with Crippen LogP contribution in [0.15, 0.2) is 17.0 Å². The molecule has 0 aliphatic carbocycles. The number of hydrogen-bond donors (Lipinski definition) is 0. The third kappa shape index (κ3) is 3.52. The van der Waals surface area contributed by atoms with Gasteiger partial charge in [-0.2, -0.15) is 8.78 Å². The van der Waals surface area contributed by atoms with Crippen molar-refractivity contribution in [3.63, 3.8) is 0 Å². The van der Waals surface area contributed by atoms with E-state index >= 15 is 0 Å². The molecule has 0 aliphatic heterocycles. The van der Waals surface area contributed by atoms with Gasteiger partial charge in [0.2, 0.25) is 0 Å². The lowest BCUT2D eigenvalue weighted by Gasteiger charge is -2.43. The summed E-state index contributed by atoms with van der Waals surface area (Å²) < 4.78 is 25.2. The summed E-state index contributed by atoms with van der Waals surface area (Å²) in [5, 5.41) is 1.32. The summed E-state index contributed by atoms with van der Waals surface area (Å²) in [7, 11) is -1.96. The highest BCUT2D eigenvalue weighted by Gasteiger charge is 2.45. The maximum absolute atomic E-state index is 12.6. The van der Waals surface area contributed by atoms with Crippen molar-refractivity contribution < 1.29 is 8.78 Å². The van der Waals surface area contributed by atoms with Crippen LogP contribution in [0.2, 0.25) is 16.6 Å². The van der Waals surface area contributed by atoms with Crippen molar-refractivity contribution in [2.24, 2.45) is 0 Å². The van der Waals surface area contributed by atoms with Crippen LogP contribution in [0.5, 0.6) is 0 Å². The van der Waals surface area contributed by atoms with Crippen LogP contribution >= 0.6 is 15.9 Å². The predicted molar refractivity (Wildman–Crippen MR) is 77.6 cm³/mol. The first-order valence-electron chi connectivity index (χ1n) is 6.08. The van der Waals surface area contributed by atoms with Gasteiger partial charge in [0.05, 0.1) is 0 Å². The molecule has 0 nitrogen and oxygen atoms in total. The van der Waals surface area contributed by atoms with Crippen molar-refractivity contribution in [2.45, 2.75) is 58.2 Å². The van der Waals surface area contributed by atoms with Crippen LogP contribution in [0.1, 0.15) is 41.5 Å². The fourth-order valence-electron chi connectivity index (χ4n) is 3.42. The Balaban J connectivity index is 6.01. The van der Waals surface area contributed by atoms with E-state index in [0.29, 0.717) is 22.0 Å². The van der Waals surface area contributed by atoms with Gasteiger partial charge in [0.1, 0.15) is 8.07 Å². The molecule has 0 rings (SSSR count). The molecule has 0 fully saturated rings. The van der Waals surface area contributed by atoms with Gasteiger partial charge < -0.3 is 0 Å². The highest BCUT2D eigenvalue weighted by molar-refractivity contribution is 9.09. The topological polar surface area (TPSA) is 0 Å². The zero-order chi connectivity index (χ0) is 13.8. The molecule has 0 aromatic rings. The molecular formula is C13H23BrF2Si. The van der Waals surface area contributed by atoms with Gasteiger partial charge in [-0.05, 0) is 21.8 Å². The molecule has 0 spiro atoms. The molecule has 0 aliphatic rings. The van der Waals surface area contributed by atoms with Gasteiger partial charge in [0.15, 0.2) is 0 Å². The zero-order valence-electron chi connectivity index (χ0n) is 11.6. The maximum Gasteiger partial charge on any atom is 0.312 e. The lowest BCUT2D eigenvalue weighted by Crippen LogP contribution is -2.47. The van der Waals surface area contributed by atoms with Gasteiger partial charge in [0, 0.05) is 5.33 Å². The molecule has 17 heavy (non-hydrogen) atoms. The van der Waals surface area contributed by atoms with E-state index in [-0.39, 0.29) is 0 Å². The van der Waals surface area contributed by atoms with Crippen LogP contribution in [0.25, 0.3) is 0 Å². The lowest BCUT2D eigenvalue weighted by molar-refractivity contribution is 0.423. The van der Waals surface area contributed by atoms with E-state index in [1.807, 2.05) is 0 Å². The summed E-state index contributed by atoms with van der Waals surface area (Å²) in [4.78, 5) is 0. The van der Waals surface area contributed by atoms with Gasteiger partial charge in [0.25, 0.3) is 0 Å². The second kappa shape index (κ2) is 6.86. The average molecular weight is 325 g/mol. The van der Waals surface area contributed by atoms with E-state index in [1.165, 1.54) is 0 Å². The summed E-state index contributed by atoms with van der Waals surface area (Å²) in [6.45, 7) is 13.0. The Morgan fingerprint density at radius 3 is 1.53 bits per heavy atom. The van der Waals surface area contributed by atoms with Gasteiger partial charge >= 0.3 is 6.08 Å². The first kappa shape index (κ1) is 17.1. The van der Waals surface area contributed by atoms with Gasteiger partial charge in [-0.3, -0.25) is 0 Å².